The number of aryl methyl sites for hydroxylation is 1. The highest BCUT2D eigenvalue weighted by Gasteiger charge is 2.14. The first-order chi connectivity index (χ1) is 13.7. The number of aromatic nitrogens is 2. The van der Waals surface area contributed by atoms with Gasteiger partial charge in [0.25, 0.3) is 0 Å². The maximum absolute atomic E-state index is 6.17. The van der Waals surface area contributed by atoms with Gasteiger partial charge in [-0.1, -0.05) is 29.6 Å². The van der Waals surface area contributed by atoms with Gasteiger partial charge in [-0.15, -0.1) is 0 Å². The summed E-state index contributed by atoms with van der Waals surface area (Å²) in [5, 5.41) is 1.41. The van der Waals surface area contributed by atoms with E-state index in [2.05, 4.69) is 15.5 Å². The highest BCUT2D eigenvalue weighted by Crippen LogP contribution is 2.23. The molecule has 28 heavy (non-hydrogen) atoms. The van der Waals surface area contributed by atoms with E-state index in [4.69, 9.17) is 32.9 Å². The largest absolute Gasteiger partial charge is 0.486 e. The molecule has 0 atom stereocenters. The number of piperidine rings is 1. The molecule has 148 valence electrons. The van der Waals surface area contributed by atoms with E-state index < -0.39 is 0 Å². The lowest BCUT2D eigenvalue weighted by atomic mass is 10.1. The Kier molecular flexibility index (Phi) is 6.40. The van der Waals surface area contributed by atoms with Gasteiger partial charge in [0.1, 0.15) is 18.2 Å². The van der Waals surface area contributed by atoms with Crippen LogP contribution in [0, 0.1) is 0 Å². The van der Waals surface area contributed by atoms with Crippen molar-refractivity contribution < 1.29 is 4.74 Å². The molecule has 6 heteroatoms. The molecule has 0 unspecified atom stereocenters. The van der Waals surface area contributed by atoms with Gasteiger partial charge in [-0.25, -0.2) is 4.98 Å². The van der Waals surface area contributed by atoms with E-state index >= 15 is 0 Å². The van der Waals surface area contributed by atoms with Crippen LogP contribution in [0.15, 0.2) is 42.5 Å². The second-order valence-electron chi connectivity index (χ2n) is 7.31. The molecule has 0 radical (unpaired) electrons. The fraction of sp³-hybridized carbons (Fsp3) is 0.409. The molecule has 1 aromatic heterocycles. The molecular weight excluding hydrogens is 393 g/mol. The zero-order valence-corrected chi connectivity index (χ0v) is 17.4. The Balaban J connectivity index is 1.48. The first-order valence-corrected chi connectivity index (χ1v) is 10.7. The van der Waals surface area contributed by atoms with Gasteiger partial charge in [-0.3, -0.25) is 0 Å². The minimum atomic E-state index is 0.414. The van der Waals surface area contributed by atoms with Crippen LogP contribution in [0.2, 0.25) is 10.0 Å². The number of benzene rings is 2. The van der Waals surface area contributed by atoms with E-state index in [0.717, 1.165) is 42.1 Å². The first-order valence-electron chi connectivity index (χ1n) is 9.94. The third kappa shape index (κ3) is 4.80. The number of halogens is 2. The Morgan fingerprint density at radius 2 is 1.64 bits per heavy atom. The van der Waals surface area contributed by atoms with Gasteiger partial charge in [0, 0.05) is 16.6 Å². The number of ether oxygens (including phenoxy) is 1. The van der Waals surface area contributed by atoms with Crippen LogP contribution in [0.5, 0.6) is 5.75 Å². The number of hydrogen-bond donors (Lipinski definition) is 0. The second kappa shape index (κ2) is 9.17. The first kappa shape index (κ1) is 19.6. The van der Waals surface area contributed by atoms with Crippen molar-refractivity contribution in [1.29, 1.82) is 0 Å². The molecule has 2 aromatic carbocycles. The minimum Gasteiger partial charge on any atom is -0.486 e. The second-order valence-corrected chi connectivity index (χ2v) is 8.18. The lowest BCUT2D eigenvalue weighted by Crippen LogP contribution is -2.31. The van der Waals surface area contributed by atoms with Crippen LogP contribution in [-0.2, 0) is 13.2 Å². The molecule has 0 aliphatic carbocycles. The molecule has 1 saturated heterocycles. The highest BCUT2D eigenvalue weighted by molar-refractivity contribution is 6.31. The predicted octanol–water partition coefficient (Wildman–Crippen LogP) is 5.80. The van der Waals surface area contributed by atoms with Crippen molar-refractivity contribution in [2.45, 2.75) is 38.8 Å². The van der Waals surface area contributed by atoms with Crippen LogP contribution in [0.3, 0.4) is 0 Å². The summed E-state index contributed by atoms with van der Waals surface area (Å²) in [5.74, 6) is 1.71. The van der Waals surface area contributed by atoms with E-state index in [9.17, 15) is 0 Å². The molecule has 0 spiro atoms. The van der Waals surface area contributed by atoms with Crippen LogP contribution >= 0.6 is 23.2 Å². The lowest BCUT2D eigenvalue weighted by Gasteiger charge is -2.26. The van der Waals surface area contributed by atoms with Crippen LogP contribution in [-0.4, -0.2) is 34.1 Å². The number of fused-ring (bicyclic) bond motifs is 1. The van der Waals surface area contributed by atoms with Crippen LogP contribution < -0.4 is 4.74 Å². The summed E-state index contributed by atoms with van der Waals surface area (Å²) in [6.45, 7) is 4.93. The molecule has 0 bridgehead atoms. The molecule has 4 rings (SSSR count). The summed E-state index contributed by atoms with van der Waals surface area (Å²) in [6.07, 6.45) is 5.12. The monoisotopic (exact) mass is 417 g/mol. The Morgan fingerprint density at radius 3 is 2.43 bits per heavy atom. The van der Waals surface area contributed by atoms with Gasteiger partial charge in [0.2, 0.25) is 0 Å². The van der Waals surface area contributed by atoms with E-state index in [1.807, 2.05) is 36.4 Å². The van der Waals surface area contributed by atoms with Crippen molar-refractivity contribution in [3.63, 3.8) is 0 Å². The van der Waals surface area contributed by atoms with Gasteiger partial charge in [-0.05, 0) is 81.4 Å². The molecule has 2 heterocycles. The normalized spacial score (nSPS) is 15.2. The Bertz CT molecular complexity index is 917. The zero-order chi connectivity index (χ0) is 19.3. The van der Waals surface area contributed by atoms with Crippen molar-refractivity contribution in [2.75, 3.05) is 19.6 Å². The molecule has 0 amide bonds. The van der Waals surface area contributed by atoms with Gasteiger partial charge >= 0.3 is 0 Å². The van der Waals surface area contributed by atoms with Crippen molar-refractivity contribution in [2.24, 2.45) is 0 Å². The van der Waals surface area contributed by atoms with Crippen LogP contribution in [0.4, 0.5) is 0 Å². The molecule has 1 aliphatic heterocycles. The number of hydrogen-bond acceptors (Lipinski definition) is 3. The van der Waals surface area contributed by atoms with E-state index in [1.54, 1.807) is 0 Å². The summed E-state index contributed by atoms with van der Waals surface area (Å²) >= 11 is 12.1. The topological polar surface area (TPSA) is 30.3 Å². The average molecular weight is 418 g/mol. The SMILES string of the molecule is Clc1ccc(OCc2nc3cc(Cl)ccc3n2CCCN2CCCCC2)cc1. The summed E-state index contributed by atoms with van der Waals surface area (Å²) in [5.41, 5.74) is 2.03. The van der Waals surface area contributed by atoms with Gasteiger partial charge < -0.3 is 14.2 Å². The molecule has 1 aliphatic rings. The third-order valence-electron chi connectivity index (χ3n) is 5.28. The molecule has 0 saturated carbocycles. The smallest absolute Gasteiger partial charge is 0.147 e. The Hall–Kier alpha value is -1.75. The number of rotatable bonds is 7. The van der Waals surface area contributed by atoms with Crippen molar-refractivity contribution in [3.05, 3.63) is 58.3 Å². The quantitative estimate of drug-likeness (QED) is 0.486. The third-order valence-corrected chi connectivity index (χ3v) is 5.76. The standard InChI is InChI=1S/C22H25Cl2N3O/c23-17-5-8-19(9-6-17)28-16-22-25-20-15-18(24)7-10-21(20)27(22)14-4-13-26-11-2-1-3-12-26/h5-10,15H,1-4,11-14,16H2. The van der Waals surface area contributed by atoms with Crippen molar-refractivity contribution in [3.8, 4) is 5.75 Å². The number of nitrogens with zero attached hydrogens (tertiary/aromatic N) is 3. The Morgan fingerprint density at radius 1 is 0.893 bits per heavy atom. The highest BCUT2D eigenvalue weighted by atomic mass is 35.5. The Labute approximate surface area is 176 Å². The number of imidazole rings is 1. The summed E-state index contributed by atoms with van der Waals surface area (Å²) in [7, 11) is 0. The van der Waals surface area contributed by atoms with E-state index in [0.29, 0.717) is 16.7 Å². The van der Waals surface area contributed by atoms with Gasteiger partial charge in [0.05, 0.1) is 11.0 Å². The van der Waals surface area contributed by atoms with E-state index in [1.165, 1.54) is 32.4 Å². The van der Waals surface area contributed by atoms with Gasteiger partial charge in [-0.2, -0.15) is 0 Å². The zero-order valence-electron chi connectivity index (χ0n) is 15.9. The molecular formula is C22H25Cl2N3O. The summed E-state index contributed by atoms with van der Waals surface area (Å²) in [4.78, 5) is 7.36. The molecule has 1 fully saturated rings. The maximum atomic E-state index is 6.17. The number of likely N-dealkylation sites (tertiary alicyclic amines) is 1. The summed E-state index contributed by atoms with van der Waals surface area (Å²) in [6, 6.07) is 13.3. The van der Waals surface area contributed by atoms with Crippen LogP contribution in [0.1, 0.15) is 31.5 Å². The minimum absolute atomic E-state index is 0.414. The molecule has 0 N–H and O–H groups in total. The lowest BCUT2D eigenvalue weighted by molar-refractivity contribution is 0.222. The van der Waals surface area contributed by atoms with Crippen LogP contribution in [0.25, 0.3) is 11.0 Å². The maximum Gasteiger partial charge on any atom is 0.147 e. The fourth-order valence-corrected chi connectivity index (χ4v) is 4.12. The molecule has 4 nitrogen and oxygen atoms in total. The van der Waals surface area contributed by atoms with E-state index in [-0.39, 0.29) is 0 Å². The summed E-state index contributed by atoms with van der Waals surface area (Å²) < 4.78 is 8.23. The van der Waals surface area contributed by atoms with Crippen molar-refractivity contribution >= 4 is 34.2 Å². The predicted molar refractivity (Wildman–Crippen MR) is 115 cm³/mol. The van der Waals surface area contributed by atoms with Crippen molar-refractivity contribution in [1.82, 2.24) is 14.5 Å². The molecule has 3 aromatic rings. The fourth-order valence-electron chi connectivity index (χ4n) is 3.83. The average Bonchev–Trinajstić information content (AvgIpc) is 3.05. The van der Waals surface area contributed by atoms with Gasteiger partial charge in [0.15, 0.2) is 0 Å².